The zero-order valence-corrected chi connectivity index (χ0v) is 16.6. The number of nitriles is 1. The number of methoxy groups -OCH3 is 1. The summed E-state index contributed by atoms with van der Waals surface area (Å²) in [6.45, 7) is 6.05. The summed E-state index contributed by atoms with van der Waals surface area (Å²) in [6.07, 6.45) is 1.49. The van der Waals surface area contributed by atoms with Crippen molar-refractivity contribution in [2.75, 3.05) is 20.3 Å². The number of ketones is 1. The van der Waals surface area contributed by atoms with E-state index in [4.69, 9.17) is 9.47 Å². The van der Waals surface area contributed by atoms with Crippen molar-refractivity contribution in [2.45, 2.75) is 26.8 Å². The predicted octanol–water partition coefficient (Wildman–Crippen LogP) is 3.65. The second kappa shape index (κ2) is 9.67. The molecule has 146 valence electrons. The molecule has 6 nitrogen and oxygen atoms in total. The van der Waals surface area contributed by atoms with E-state index in [0.717, 1.165) is 17.0 Å². The monoisotopic (exact) mass is 380 g/mol. The molecule has 1 aromatic carbocycles. The van der Waals surface area contributed by atoms with Crippen LogP contribution in [0.3, 0.4) is 0 Å². The third-order valence-corrected chi connectivity index (χ3v) is 4.44. The Labute approximate surface area is 165 Å². The average Bonchev–Trinajstić information content (AvgIpc) is 2.97. The quantitative estimate of drug-likeness (QED) is 0.302. The number of carbonyl (C=O) groups excluding carboxylic acids is 2. The van der Waals surface area contributed by atoms with Crippen LogP contribution in [0.25, 0.3) is 6.08 Å². The van der Waals surface area contributed by atoms with Gasteiger partial charge < -0.3 is 14.0 Å². The summed E-state index contributed by atoms with van der Waals surface area (Å²) in [6, 6.07) is 12.4. The molecule has 0 fully saturated rings. The lowest BCUT2D eigenvalue weighted by molar-refractivity contribution is -0.137. The van der Waals surface area contributed by atoms with Gasteiger partial charge in [0.25, 0.3) is 0 Å². The third-order valence-electron chi connectivity index (χ3n) is 4.44. The van der Waals surface area contributed by atoms with E-state index < -0.39 is 12.6 Å². The number of aryl methyl sites for hydroxylation is 1. The van der Waals surface area contributed by atoms with Crippen LogP contribution >= 0.6 is 0 Å². The van der Waals surface area contributed by atoms with E-state index in [1.54, 1.807) is 37.4 Å². The molecule has 0 aliphatic rings. The number of ether oxygens (including phenoxy) is 2. The summed E-state index contributed by atoms with van der Waals surface area (Å²) in [7, 11) is 1.64. The molecule has 0 radical (unpaired) electrons. The second-order valence-electron chi connectivity index (χ2n) is 6.54. The van der Waals surface area contributed by atoms with Crippen LogP contribution in [0.2, 0.25) is 0 Å². The molecule has 0 unspecified atom stereocenters. The minimum absolute atomic E-state index is 0.119. The summed E-state index contributed by atoms with van der Waals surface area (Å²) in [5, 5.41) is 9.37. The number of esters is 1. The van der Waals surface area contributed by atoms with Gasteiger partial charge in [0.05, 0.1) is 12.6 Å². The first-order chi connectivity index (χ1) is 13.4. The van der Waals surface area contributed by atoms with Crippen molar-refractivity contribution >= 4 is 17.8 Å². The van der Waals surface area contributed by atoms with E-state index in [9.17, 15) is 14.9 Å². The Balaban J connectivity index is 2.15. The number of hydrogen-bond acceptors (Lipinski definition) is 5. The number of benzene rings is 1. The summed E-state index contributed by atoms with van der Waals surface area (Å²) in [4.78, 5) is 24.3. The molecule has 0 aliphatic heterocycles. The minimum atomic E-state index is -0.818. The lowest BCUT2D eigenvalue weighted by Gasteiger charge is -2.17. The summed E-state index contributed by atoms with van der Waals surface area (Å²) >= 11 is 0. The fourth-order valence-corrected chi connectivity index (χ4v) is 3.15. The fraction of sp³-hybridized carbons (Fsp3) is 0.318. The predicted molar refractivity (Wildman–Crippen MR) is 106 cm³/mol. The second-order valence-corrected chi connectivity index (χ2v) is 6.54. The summed E-state index contributed by atoms with van der Waals surface area (Å²) < 4.78 is 12.3. The first-order valence-electron chi connectivity index (χ1n) is 8.93. The van der Waals surface area contributed by atoms with E-state index >= 15 is 0 Å². The Morgan fingerprint density at radius 3 is 2.54 bits per heavy atom. The van der Waals surface area contributed by atoms with E-state index in [0.29, 0.717) is 12.2 Å². The smallest absolute Gasteiger partial charge is 0.349 e. The van der Waals surface area contributed by atoms with Crippen LogP contribution in [-0.4, -0.2) is 36.6 Å². The molecule has 6 heteroatoms. The average molecular weight is 380 g/mol. The van der Waals surface area contributed by atoms with Gasteiger partial charge in [0.1, 0.15) is 11.6 Å². The van der Waals surface area contributed by atoms with E-state index in [-0.39, 0.29) is 17.4 Å². The number of nitrogens with zero attached hydrogens (tertiary/aromatic N) is 2. The van der Waals surface area contributed by atoms with Crippen LogP contribution in [0.15, 0.2) is 42.0 Å². The van der Waals surface area contributed by atoms with Crippen molar-refractivity contribution in [3.63, 3.8) is 0 Å². The summed E-state index contributed by atoms with van der Waals surface area (Å²) in [5.74, 6) is -1.14. The molecule has 0 saturated carbocycles. The molecule has 1 heterocycles. The highest BCUT2D eigenvalue weighted by atomic mass is 16.5. The van der Waals surface area contributed by atoms with E-state index in [2.05, 4.69) is 4.57 Å². The molecule has 1 atom stereocenters. The molecule has 0 amide bonds. The minimum Gasteiger partial charge on any atom is -0.453 e. The maximum Gasteiger partial charge on any atom is 0.349 e. The number of hydrogen-bond donors (Lipinski definition) is 0. The highest BCUT2D eigenvalue weighted by molar-refractivity contribution is 6.01. The number of Topliss-reactive ketones (excluding diaryl/α,β-unsaturated/α-hetero) is 1. The summed E-state index contributed by atoms with van der Waals surface area (Å²) in [5.41, 5.74) is 2.97. The Bertz CT molecular complexity index is 920. The normalized spacial score (nSPS) is 12.3. The fourth-order valence-electron chi connectivity index (χ4n) is 3.15. The van der Waals surface area contributed by atoms with E-state index in [1.807, 2.05) is 32.9 Å². The Kier molecular flexibility index (Phi) is 7.30. The van der Waals surface area contributed by atoms with Gasteiger partial charge in [-0.05, 0) is 38.5 Å². The van der Waals surface area contributed by atoms with Gasteiger partial charge in [-0.1, -0.05) is 30.3 Å². The van der Waals surface area contributed by atoms with Crippen molar-refractivity contribution in [3.8, 4) is 6.07 Å². The van der Waals surface area contributed by atoms with Gasteiger partial charge in [0.2, 0.25) is 0 Å². The lowest BCUT2D eigenvalue weighted by Crippen LogP contribution is -2.15. The number of carbonyl (C=O) groups is 2. The maximum atomic E-state index is 12.3. The number of aromatic nitrogens is 1. The molecule has 1 aromatic heterocycles. The molecule has 28 heavy (non-hydrogen) atoms. The topological polar surface area (TPSA) is 81.3 Å². The van der Waals surface area contributed by atoms with Crippen LogP contribution in [0.1, 0.15) is 40.3 Å². The first-order valence-corrected chi connectivity index (χ1v) is 8.93. The molecule has 0 aliphatic carbocycles. The van der Waals surface area contributed by atoms with Crippen molar-refractivity contribution < 1.29 is 19.1 Å². The standard InChI is InChI=1S/C22H24N2O4/c1-15-10-19(17(3)24(15)16(2)13-27-4)11-20(12-23)22(26)28-14-21(25)18-8-6-5-7-9-18/h5-11,16H,13-14H2,1-4H3/b20-11+/t16-/m1/s1. The van der Waals surface area contributed by atoms with Gasteiger partial charge in [-0.15, -0.1) is 0 Å². The highest BCUT2D eigenvalue weighted by Crippen LogP contribution is 2.23. The van der Waals surface area contributed by atoms with Gasteiger partial charge in [0, 0.05) is 24.1 Å². The van der Waals surface area contributed by atoms with Crippen LogP contribution in [0.4, 0.5) is 0 Å². The Morgan fingerprint density at radius 1 is 1.25 bits per heavy atom. The lowest BCUT2D eigenvalue weighted by atomic mass is 10.1. The zero-order chi connectivity index (χ0) is 20.7. The molecule has 0 saturated heterocycles. The SMILES string of the molecule is COC[C@@H](C)n1c(C)cc(/C=C(\C#N)C(=O)OCC(=O)c2ccccc2)c1C. The van der Waals surface area contributed by atoms with Gasteiger partial charge in [-0.2, -0.15) is 5.26 Å². The van der Waals surface area contributed by atoms with Crippen molar-refractivity contribution in [1.29, 1.82) is 5.26 Å². The van der Waals surface area contributed by atoms with Crippen molar-refractivity contribution in [1.82, 2.24) is 4.57 Å². The zero-order valence-electron chi connectivity index (χ0n) is 16.6. The maximum absolute atomic E-state index is 12.3. The molecular weight excluding hydrogens is 356 g/mol. The van der Waals surface area contributed by atoms with Crippen LogP contribution < -0.4 is 0 Å². The van der Waals surface area contributed by atoms with Gasteiger partial charge in [-0.3, -0.25) is 4.79 Å². The van der Waals surface area contributed by atoms with Crippen LogP contribution in [0.5, 0.6) is 0 Å². The van der Waals surface area contributed by atoms with Gasteiger partial charge in [-0.25, -0.2) is 4.79 Å². The first kappa shape index (κ1) is 21.1. The molecule has 0 spiro atoms. The molecule has 0 N–H and O–H groups in total. The van der Waals surface area contributed by atoms with Crippen LogP contribution in [0, 0.1) is 25.2 Å². The van der Waals surface area contributed by atoms with Gasteiger partial charge in [0.15, 0.2) is 12.4 Å². The number of rotatable bonds is 8. The van der Waals surface area contributed by atoms with Crippen molar-refractivity contribution in [2.24, 2.45) is 0 Å². The Morgan fingerprint density at radius 2 is 1.93 bits per heavy atom. The highest BCUT2D eigenvalue weighted by Gasteiger charge is 2.17. The Hall–Kier alpha value is -3.17. The molecule has 0 bridgehead atoms. The molecular formula is C22H24N2O4. The van der Waals surface area contributed by atoms with Gasteiger partial charge >= 0.3 is 5.97 Å². The molecule has 2 aromatic rings. The van der Waals surface area contributed by atoms with E-state index in [1.165, 1.54) is 6.08 Å². The van der Waals surface area contributed by atoms with Crippen molar-refractivity contribution in [3.05, 3.63) is 64.5 Å². The molecule has 2 rings (SSSR count). The van der Waals surface area contributed by atoms with Crippen LogP contribution in [-0.2, 0) is 14.3 Å². The third kappa shape index (κ3) is 4.96. The largest absolute Gasteiger partial charge is 0.453 e.